The van der Waals surface area contributed by atoms with Gasteiger partial charge in [-0.2, -0.15) is 5.10 Å². The summed E-state index contributed by atoms with van der Waals surface area (Å²) in [6.07, 6.45) is 1.56. The number of ether oxygens (including phenoxy) is 2. The topological polar surface area (TPSA) is 72.8 Å². The number of amides is 1. The molecule has 33 heavy (non-hydrogen) atoms. The number of rotatable bonds is 6. The van der Waals surface area contributed by atoms with Gasteiger partial charge in [-0.05, 0) is 61.0 Å². The van der Waals surface area contributed by atoms with Gasteiger partial charge in [0.25, 0.3) is 5.91 Å². The van der Waals surface area contributed by atoms with E-state index in [4.69, 9.17) is 14.5 Å². The highest BCUT2D eigenvalue weighted by Crippen LogP contribution is 2.28. The van der Waals surface area contributed by atoms with Crippen LogP contribution in [-0.2, 0) is 0 Å². The Morgan fingerprint density at radius 3 is 2.45 bits per heavy atom. The van der Waals surface area contributed by atoms with Crippen molar-refractivity contribution < 1.29 is 14.3 Å². The Kier molecular flexibility index (Phi) is 6.70. The van der Waals surface area contributed by atoms with Gasteiger partial charge in [0.05, 0.1) is 37.2 Å². The van der Waals surface area contributed by atoms with E-state index in [1.807, 2.05) is 55.5 Å². The van der Waals surface area contributed by atoms with Gasteiger partial charge >= 0.3 is 0 Å². The highest BCUT2D eigenvalue weighted by atomic mass is 79.9. The molecule has 1 aromatic heterocycles. The predicted molar refractivity (Wildman–Crippen MR) is 134 cm³/mol. The summed E-state index contributed by atoms with van der Waals surface area (Å²) in [5, 5.41) is 4.92. The Hall–Kier alpha value is -3.71. The molecule has 166 valence electrons. The number of hydrazone groups is 1. The molecule has 0 aliphatic carbocycles. The third-order valence-electron chi connectivity index (χ3n) is 5.14. The van der Waals surface area contributed by atoms with Crippen LogP contribution in [0.2, 0.25) is 0 Å². The Morgan fingerprint density at radius 2 is 1.73 bits per heavy atom. The van der Waals surface area contributed by atoms with Crippen LogP contribution in [0.4, 0.5) is 0 Å². The minimum Gasteiger partial charge on any atom is -0.493 e. The van der Waals surface area contributed by atoms with Crippen molar-refractivity contribution in [3.63, 3.8) is 0 Å². The summed E-state index contributed by atoms with van der Waals surface area (Å²) in [4.78, 5) is 17.9. The number of hydrogen-bond acceptors (Lipinski definition) is 5. The fourth-order valence-electron chi connectivity index (χ4n) is 3.45. The summed E-state index contributed by atoms with van der Waals surface area (Å²) >= 11 is 3.45. The summed E-state index contributed by atoms with van der Waals surface area (Å²) in [7, 11) is 3.15. The number of aryl methyl sites for hydroxylation is 1. The lowest BCUT2D eigenvalue weighted by molar-refractivity contribution is 0.0956. The molecule has 0 saturated heterocycles. The lowest BCUT2D eigenvalue weighted by Crippen LogP contribution is -2.18. The van der Waals surface area contributed by atoms with Crippen LogP contribution >= 0.6 is 15.9 Å². The predicted octanol–water partition coefficient (Wildman–Crippen LogP) is 5.75. The molecule has 0 spiro atoms. The third-order valence-corrected chi connectivity index (χ3v) is 5.66. The van der Waals surface area contributed by atoms with E-state index < -0.39 is 0 Å². The summed E-state index contributed by atoms with van der Waals surface area (Å²) in [5.74, 6) is 0.892. The first kappa shape index (κ1) is 22.5. The number of nitrogens with one attached hydrogen (secondary N) is 1. The van der Waals surface area contributed by atoms with Crippen molar-refractivity contribution >= 4 is 39.0 Å². The number of aromatic nitrogens is 1. The van der Waals surface area contributed by atoms with Gasteiger partial charge < -0.3 is 9.47 Å². The van der Waals surface area contributed by atoms with Crippen molar-refractivity contribution in [2.24, 2.45) is 5.10 Å². The SMILES string of the molecule is COc1ccc(C=NNC(=O)c2cc(-c3ccc(Br)cc3)nc3ccc(C)cc23)cc1OC. The van der Waals surface area contributed by atoms with E-state index in [2.05, 4.69) is 26.5 Å². The van der Waals surface area contributed by atoms with Gasteiger partial charge in [-0.1, -0.05) is 39.7 Å². The average molecular weight is 504 g/mol. The molecule has 7 heteroatoms. The van der Waals surface area contributed by atoms with Crippen LogP contribution in [0.25, 0.3) is 22.2 Å². The maximum Gasteiger partial charge on any atom is 0.272 e. The molecule has 0 bridgehead atoms. The minimum absolute atomic E-state index is 0.317. The number of hydrogen-bond donors (Lipinski definition) is 1. The summed E-state index contributed by atoms with van der Waals surface area (Å²) in [5.41, 5.74) is 7.33. The third kappa shape index (κ3) is 5.04. The van der Waals surface area contributed by atoms with E-state index in [0.29, 0.717) is 22.8 Å². The van der Waals surface area contributed by atoms with E-state index >= 15 is 0 Å². The number of nitrogens with zero attached hydrogens (tertiary/aromatic N) is 2. The van der Waals surface area contributed by atoms with Gasteiger partial charge in [-0.3, -0.25) is 4.79 Å². The molecule has 1 heterocycles. The Bertz CT molecular complexity index is 1350. The number of halogens is 1. The minimum atomic E-state index is -0.317. The van der Waals surface area contributed by atoms with Crippen molar-refractivity contribution in [1.82, 2.24) is 10.4 Å². The Morgan fingerprint density at radius 1 is 0.970 bits per heavy atom. The highest BCUT2D eigenvalue weighted by molar-refractivity contribution is 9.10. The second-order valence-corrected chi connectivity index (χ2v) is 8.31. The highest BCUT2D eigenvalue weighted by Gasteiger charge is 2.14. The fraction of sp³-hybridized carbons (Fsp3) is 0.115. The molecule has 0 saturated carbocycles. The molecule has 1 N–H and O–H groups in total. The maximum atomic E-state index is 13.1. The van der Waals surface area contributed by atoms with Crippen molar-refractivity contribution in [3.8, 4) is 22.8 Å². The Balaban J connectivity index is 1.66. The average Bonchev–Trinajstić information content (AvgIpc) is 2.83. The van der Waals surface area contributed by atoms with Crippen LogP contribution < -0.4 is 14.9 Å². The van der Waals surface area contributed by atoms with Gasteiger partial charge in [-0.25, -0.2) is 10.4 Å². The molecule has 4 rings (SSSR count). The van der Waals surface area contributed by atoms with E-state index in [1.54, 1.807) is 38.6 Å². The largest absolute Gasteiger partial charge is 0.493 e. The van der Waals surface area contributed by atoms with Crippen molar-refractivity contribution in [2.45, 2.75) is 6.92 Å². The molecule has 0 unspecified atom stereocenters. The molecular formula is C26H22BrN3O3. The quantitative estimate of drug-likeness (QED) is 0.268. The number of pyridine rings is 1. The monoisotopic (exact) mass is 503 g/mol. The van der Waals surface area contributed by atoms with Crippen molar-refractivity contribution in [2.75, 3.05) is 14.2 Å². The molecule has 0 atom stereocenters. The second kappa shape index (κ2) is 9.83. The van der Waals surface area contributed by atoms with Gasteiger partial charge in [0.2, 0.25) is 0 Å². The number of methoxy groups -OCH3 is 2. The smallest absolute Gasteiger partial charge is 0.272 e. The van der Waals surface area contributed by atoms with Crippen LogP contribution in [0.5, 0.6) is 11.5 Å². The van der Waals surface area contributed by atoms with Crippen LogP contribution in [0.15, 0.2) is 76.3 Å². The molecule has 6 nitrogen and oxygen atoms in total. The second-order valence-electron chi connectivity index (χ2n) is 7.40. The molecule has 3 aromatic carbocycles. The van der Waals surface area contributed by atoms with Gasteiger partial charge in [0.15, 0.2) is 11.5 Å². The van der Waals surface area contributed by atoms with E-state index in [9.17, 15) is 4.79 Å². The maximum absolute atomic E-state index is 13.1. The fourth-order valence-corrected chi connectivity index (χ4v) is 3.72. The Labute approximate surface area is 200 Å². The molecule has 0 aliphatic heterocycles. The van der Waals surface area contributed by atoms with Crippen molar-refractivity contribution in [1.29, 1.82) is 0 Å². The normalized spacial score (nSPS) is 11.0. The molecule has 0 aliphatic rings. The first-order valence-electron chi connectivity index (χ1n) is 10.2. The lowest BCUT2D eigenvalue weighted by Gasteiger charge is -2.10. The molecule has 0 radical (unpaired) electrons. The first-order valence-corrected chi connectivity index (χ1v) is 11.0. The summed E-state index contributed by atoms with van der Waals surface area (Å²) < 4.78 is 11.5. The van der Waals surface area contributed by atoms with Crippen molar-refractivity contribution in [3.05, 3.63) is 87.9 Å². The zero-order valence-electron chi connectivity index (χ0n) is 18.4. The molecule has 0 fully saturated rings. The van der Waals surface area contributed by atoms with Gasteiger partial charge in [0.1, 0.15) is 0 Å². The van der Waals surface area contributed by atoms with E-state index in [-0.39, 0.29) is 5.91 Å². The first-order chi connectivity index (χ1) is 16.0. The zero-order valence-corrected chi connectivity index (χ0v) is 20.0. The van der Waals surface area contributed by atoms with Crippen LogP contribution in [0.1, 0.15) is 21.5 Å². The molecular weight excluding hydrogens is 482 g/mol. The zero-order chi connectivity index (χ0) is 23.4. The number of carbonyl (C=O) groups excluding carboxylic acids is 1. The number of fused-ring (bicyclic) bond motifs is 1. The molecule has 1 amide bonds. The van der Waals surface area contributed by atoms with Gasteiger partial charge in [-0.15, -0.1) is 0 Å². The van der Waals surface area contributed by atoms with E-state index in [1.165, 1.54) is 0 Å². The lowest BCUT2D eigenvalue weighted by atomic mass is 10.0. The van der Waals surface area contributed by atoms with Crippen LogP contribution in [0.3, 0.4) is 0 Å². The van der Waals surface area contributed by atoms with Gasteiger partial charge in [0, 0.05) is 15.4 Å². The van der Waals surface area contributed by atoms with E-state index in [0.717, 1.165) is 32.1 Å². The van der Waals surface area contributed by atoms with Crippen LogP contribution in [-0.4, -0.2) is 31.3 Å². The summed E-state index contributed by atoms with van der Waals surface area (Å²) in [6, 6.07) is 20.9. The standard InChI is InChI=1S/C26H22BrN3O3/c1-16-4-10-22-20(12-16)21(14-23(29-22)18-6-8-19(27)9-7-18)26(31)30-28-15-17-5-11-24(32-2)25(13-17)33-3/h4-15H,1-3H3,(H,30,31). The van der Waals surface area contributed by atoms with Crippen LogP contribution in [0, 0.1) is 6.92 Å². The summed E-state index contributed by atoms with van der Waals surface area (Å²) in [6.45, 7) is 1.99. The number of carbonyl (C=O) groups is 1. The number of benzene rings is 3. The molecule has 4 aromatic rings.